The molecule has 0 aliphatic carbocycles. The van der Waals surface area contributed by atoms with Crippen molar-refractivity contribution in [3.8, 4) is 0 Å². The highest BCUT2D eigenvalue weighted by Crippen LogP contribution is 2.38. The van der Waals surface area contributed by atoms with Crippen LogP contribution in [0.5, 0.6) is 0 Å². The normalized spacial score (nSPS) is 13.2. The van der Waals surface area contributed by atoms with Crippen LogP contribution < -0.4 is 0 Å². The third-order valence-corrected chi connectivity index (χ3v) is 4.32. The van der Waals surface area contributed by atoms with Crippen LogP contribution in [0.1, 0.15) is 32.6 Å². The van der Waals surface area contributed by atoms with Gasteiger partial charge in [0, 0.05) is 4.83 Å². The van der Waals surface area contributed by atoms with Crippen molar-refractivity contribution in [2.24, 2.45) is 0 Å². The van der Waals surface area contributed by atoms with Crippen LogP contribution in [0.15, 0.2) is 42.5 Å². The van der Waals surface area contributed by atoms with Gasteiger partial charge in [-0.05, 0) is 43.0 Å². The van der Waals surface area contributed by atoms with Gasteiger partial charge in [0.25, 0.3) is 0 Å². The van der Waals surface area contributed by atoms with Crippen LogP contribution in [0.25, 0.3) is 0 Å². The molecule has 0 radical (unpaired) electrons. The van der Waals surface area contributed by atoms with Crippen molar-refractivity contribution >= 4 is 15.9 Å². The van der Waals surface area contributed by atoms with Gasteiger partial charge in [0.15, 0.2) is 0 Å². The summed E-state index contributed by atoms with van der Waals surface area (Å²) in [6.45, 7) is 3.96. The Balaban J connectivity index is 2.33. The van der Waals surface area contributed by atoms with Crippen molar-refractivity contribution in [1.29, 1.82) is 0 Å². The van der Waals surface area contributed by atoms with Gasteiger partial charge in [-0.3, -0.25) is 0 Å². The van der Waals surface area contributed by atoms with Crippen LogP contribution in [0.4, 0.5) is 13.2 Å². The first-order valence-electron chi connectivity index (χ1n) is 6.65. The van der Waals surface area contributed by atoms with E-state index in [2.05, 4.69) is 15.9 Å². The standard InChI is InChI=1S/C17H16BrF3/c1-11-7-8-12(2)13(9-11)10-16(18)14-5-3-4-6-15(14)17(19,20)21/h3-9,16H,10H2,1-2H3. The van der Waals surface area contributed by atoms with Gasteiger partial charge in [-0.15, -0.1) is 0 Å². The predicted octanol–water partition coefficient (Wildman–Crippen LogP) is 6.00. The number of hydrogen-bond acceptors (Lipinski definition) is 0. The van der Waals surface area contributed by atoms with E-state index in [-0.39, 0.29) is 10.4 Å². The average Bonchev–Trinajstić information content (AvgIpc) is 2.42. The summed E-state index contributed by atoms with van der Waals surface area (Å²) in [4.78, 5) is -0.365. The van der Waals surface area contributed by atoms with Gasteiger partial charge in [-0.1, -0.05) is 57.9 Å². The van der Waals surface area contributed by atoms with Gasteiger partial charge < -0.3 is 0 Å². The first kappa shape index (κ1) is 16.1. The Labute approximate surface area is 131 Å². The fourth-order valence-corrected chi connectivity index (χ4v) is 3.10. The summed E-state index contributed by atoms with van der Waals surface area (Å²) in [6, 6.07) is 11.8. The molecule has 0 aromatic heterocycles. The summed E-state index contributed by atoms with van der Waals surface area (Å²) in [6.07, 6.45) is -3.80. The zero-order valence-corrected chi connectivity index (χ0v) is 13.4. The molecule has 2 aromatic carbocycles. The van der Waals surface area contributed by atoms with Crippen LogP contribution >= 0.6 is 15.9 Å². The van der Waals surface area contributed by atoms with Crippen LogP contribution in [-0.2, 0) is 12.6 Å². The fourth-order valence-electron chi connectivity index (χ4n) is 2.35. The molecule has 0 amide bonds. The third kappa shape index (κ3) is 3.88. The molecule has 0 heterocycles. The maximum Gasteiger partial charge on any atom is 0.416 e. The summed E-state index contributed by atoms with van der Waals surface area (Å²) >= 11 is 3.42. The van der Waals surface area contributed by atoms with Crippen molar-refractivity contribution in [1.82, 2.24) is 0 Å². The zero-order chi connectivity index (χ0) is 15.6. The quantitative estimate of drug-likeness (QED) is 0.591. The van der Waals surface area contributed by atoms with E-state index in [0.29, 0.717) is 6.42 Å². The number of hydrogen-bond donors (Lipinski definition) is 0. The molecule has 21 heavy (non-hydrogen) atoms. The van der Waals surface area contributed by atoms with Gasteiger partial charge in [-0.25, -0.2) is 0 Å². The second-order valence-corrected chi connectivity index (χ2v) is 6.29. The maximum absolute atomic E-state index is 13.1. The summed E-state index contributed by atoms with van der Waals surface area (Å²) in [7, 11) is 0. The van der Waals surface area contributed by atoms with E-state index in [9.17, 15) is 13.2 Å². The fraction of sp³-hybridized carbons (Fsp3) is 0.294. The molecule has 4 heteroatoms. The van der Waals surface area contributed by atoms with Crippen LogP contribution in [-0.4, -0.2) is 0 Å². The van der Waals surface area contributed by atoms with Crippen molar-refractivity contribution in [2.75, 3.05) is 0 Å². The van der Waals surface area contributed by atoms with Crippen LogP contribution in [0.3, 0.4) is 0 Å². The molecule has 1 unspecified atom stereocenters. The lowest BCUT2D eigenvalue weighted by atomic mass is 9.96. The lowest BCUT2D eigenvalue weighted by molar-refractivity contribution is -0.138. The van der Waals surface area contributed by atoms with Crippen molar-refractivity contribution in [3.63, 3.8) is 0 Å². The first-order chi connectivity index (χ1) is 9.79. The van der Waals surface area contributed by atoms with E-state index in [1.807, 2.05) is 32.0 Å². The second-order valence-electron chi connectivity index (χ2n) is 5.19. The Kier molecular flexibility index (Phi) is 4.77. The number of halogens is 4. The minimum atomic E-state index is -4.33. The smallest absolute Gasteiger partial charge is 0.166 e. The lowest BCUT2D eigenvalue weighted by Crippen LogP contribution is -2.11. The molecule has 0 fully saturated rings. The molecular weight excluding hydrogens is 341 g/mol. The van der Waals surface area contributed by atoms with Crippen LogP contribution in [0, 0.1) is 13.8 Å². The SMILES string of the molecule is Cc1ccc(C)c(CC(Br)c2ccccc2C(F)(F)F)c1. The molecule has 0 nitrogen and oxygen atoms in total. The van der Waals surface area contributed by atoms with Gasteiger partial charge in [0.2, 0.25) is 0 Å². The van der Waals surface area contributed by atoms with Gasteiger partial charge >= 0.3 is 6.18 Å². The number of aryl methyl sites for hydroxylation is 2. The van der Waals surface area contributed by atoms with Gasteiger partial charge in [0.05, 0.1) is 5.56 Å². The van der Waals surface area contributed by atoms with E-state index in [4.69, 9.17) is 0 Å². The Morgan fingerprint density at radius 3 is 2.38 bits per heavy atom. The summed E-state index contributed by atoms with van der Waals surface area (Å²) in [5.41, 5.74) is 2.98. The highest BCUT2D eigenvalue weighted by molar-refractivity contribution is 9.09. The van der Waals surface area contributed by atoms with Gasteiger partial charge in [0.1, 0.15) is 0 Å². The van der Waals surface area contributed by atoms with E-state index in [1.54, 1.807) is 6.07 Å². The Hall–Kier alpha value is -1.29. The molecule has 1 atom stereocenters. The molecule has 0 aliphatic heterocycles. The Bertz CT molecular complexity index is 632. The molecule has 0 bridgehead atoms. The Morgan fingerprint density at radius 2 is 1.71 bits per heavy atom. The zero-order valence-electron chi connectivity index (χ0n) is 11.8. The van der Waals surface area contributed by atoms with E-state index in [1.165, 1.54) is 12.1 Å². The molecule has 2 rings (SSSR count). The molecule has 2 aromatic rings. The lowest BCUT2D eigenvalue weighted by Gasteiger charge is -2.18. The van der Waals surface area contributed by atoms with E-state index >= 15 is 0 Å². The van der Waals surface area contributed by atoms with Crippen LogP contribution in [0.2, 0.25) is 0 Å². The summed E-state index contributed by atoms with van der Waals surface area (Å²) in [5.74, 6) is 0. The largest absolute Gasteiger partial charge is 0.416 e. The number of alkyl halides is 4. The molecule has 0 aliphatic rings. The van der Waals surface area contributed by atoms with Crippen molar-refractivity contribution in [2.45, 2.75) is 31.3 Å². The monoisotopic (exact) mass is 356 g/mol. The van der Waals surface area contributed by atoms with Crippen molar-refractivity contribution in [3.05, 3.63) is 70.3 Å². The number of rotatable bonds is 3. The minimum Gasteiger partial charge on any atom is -0.166 e. The average molecular weight is 357 g/mol. The molecular formula is C17H16BrF3. The Morgan fingerprint density at radius 1 is 1.05 bits per heavy atom. The molecule has 0 spiro atoms. The summed E-state index contributed by atoms with van der Waals surface area (Å²) < 4.78 is 39.2. The topological polar surface area (TPSA) is 0 Å². The van der Waals surface area contributed by atoms with E-state index < -0.39 is 11.7 Å². The number of benzene rings is 2. The molecule has 0 N–H and O–H groups in total. The maximum atomic E-state index is 13.1. The molecule has 0 saturated heterocycles. The molecule has 0 saturated carbocycles. The second kappa shape index (κ2) is 6.22. The predicted molar refractivity (Wildman–Crippen MR) is 82.7 cm³/mol. The first-order valence-corrected chi connectivity index (χ1v) is 7.57. The van der Waals surface area contributed by atoms with E-state index in [0.717, 1.165) is 22.8 Å². The van der Waals surface area contributed by atoms with Gasteiger partial charge in [-0.2, -0.15) is 13.2 Å². The third-order valence-electron chi connectivity index (χ3n) is 3.51. The van der Waals surface area contributed by atoms with Crippen molar-refractivity contribution < 1.29 is 13.2 Å². The minimum absolute atomic E-state index is 0.283. The highest BCUT2D eigenvalue weighted by Gasteiger charge is 2.34. The highest BCUT2D eigenvalue weighted by atomic mass is 79.9. The summed E-state index contributed by atoms with van der Waals surface area (Å²) in [5, 5.41) is 0. The molecule has 112 valence electrons.